The van der Waals surface area contributed by atoms with Gasteiger partial charge in [-0.2, -0.15) is 12.6 Å². The van der Waals surface area contributed by atoms with Crippen molar-refractivity contribution in [2.24, 2.45) is 5.73 Å². The SMILES string of the molecule is N[C@@H](CS)C(=O)O.O=[Te](O)O. The van der Waals surface area contributed by atoms with E-state index in [0.717, 1.165) is 0 Å². The molecule has 0 aliphatic carbocycles. The molecule has 0 aliphatic rings. The summed E-state index contributed by atoms with van der Waals surface area (Å²) in [5.41, 5.74) is 4.94. The zero-order valence-electron chi connectivity index (χ0n) is 5.38. The van der Waals surface area contributed by atoms with E-state index in [1.807, 2.05) is 0 Å². The van der Waals surface area contributed by atoms with Crippen LogP contribution in [0.15, 0.2) is 0 Å². The van der Waals surface area contributed by atoms with E-state index in [1.165, 1.54) is 0 Å². The average molecular weight is 299 g/mol. The molecular weight excluding hydrogens is 290 g/mol. The van der Waals surface area contributed by atoms with E-state index in [2.05, 4.69) is 12.6 Å². The van der Waals surface area contributed by atoms with E-state index in [0.29, 0.717) is 0 Å². The maximum atomic E-state index is 9.76. The second-order valence-electron chi connectivity index (χ2n) is 1.36. The first-order valence-electron chi connectivity index (χ1n) is 2.31. The number of carbonyl (C=O) groups is 1. The summed E-state index contributed by atoms with van der Waals surface area (Å²) in [7, 11) is 0. The molecule has 0 radical (unpaired) electrons. The minimum atomic E-state index is -3.61. The van der Waals surface area contributed by atoms with E-state index in [1.54, 1.807) is 0 Å². The van der Waals surface area contributed by atoms with Gasteiger partial charge in [-0.3, -0.25) is 4.79 Å². The second-order valence-corrected chi connectivity index (χ2v) is 3.04. The summed E-state index contributed by atoms with van der Waals surface area (Å²) in [5, 5.41) is 8.01. The quantitative estimate of drug-likeness (QED) is 0.289. The molecule has 5 N–H and O–H groups in total. The minimum absolute atomic E-state index is 0.190. The van der Waals surface area contributed by atoms with Crippen LogP contribution in [-0.4, -0.2) is 50.2 Å². The van der Waals surface area contributed by atoms with Gasteiger partial charge in [-0.25, -0.2) is 0 Å². The van der Waals surface area contributed by atoms with E-state index < -0.39 is 32.4 Å². The fourth-order valence-corrected chi connectivity index (χ4v) is 0.234. The molecule has 0 amide bonds. The van der Waals surface area contributed by atoms with Gasteiger partial charge in [0.05, 0.1) is 0 Å². The molecule has 8 heteroatoms. The normalized spacial score (nSPS) is 11.7. The molecule has 6 nitrogen and oxygen atoms in total. The zero-order valence-corrected chi connectivity index (χ0v) is 8.60. The van der Waals surface area contributed by atoms with Crippen molar-refractivity contribution in [2.45, 2.75) is 6.04 Å². The Hall–Kier alpha value is 0.290. The number of carboxylic acids is 1. The van der Waals surface area contributed by atoms with E-state index in [-0.39, 0.29) is 5.75 Å². The monoisotopic (exact) mass is 301 g/mol. The molecule has 0 fully saturated rings. The van der Waals surface area contributed by atoms with Gasteiger partial charge >= 0.3 is 36.4 Å². The summed E-state index contributed by atoms with van der Waals surface area (Å²) < 4.78 is 23.3. The Kier molecular flexibility index (Phi) is 10.6. The van der Waals surface area contributed by atoms with Crippen LogP contribution in [0.1, 0.15) is 0 Å². The van der Waals surface area contributed by atoms with Crippen LogP contribution in [-0.2, 0) is 7.90 Å². The third-order valence-electron chi connectivity index (χ3n) is 0.514. The molecule has 0 aromatic rings. The first-order chi connectivity index (χ1) is 4.91. The summed E-state index contributed by atoms with van der Waals surface area (Å²) in [6.45, 7) is 0. The topological polar surface area (TPSA) is 121 Å². The van der Waals surface area contributed by atoms with Crippen molar-refractivity contribution >= 4 is 39.0 Å². The molecule has 0 rings (SSSR count). The molecule has 68 valence electrons. The van der Waals surface area contributed by atoms with Crippen LogP contribution in [0.2, 0.25) is 0 Å². The fourth-order valence-electron chi connectivity index (χ4n) is 0.0781. The molecule has 0 aromatic carbocycles. The molecule has 1 atom stereocenters. The van der Waals surface area contributed by atoms with Crippen LogP contribution in [0.3, 0.4) is 0 Å². The predicted octanol–water partition coefficient (Wildman–Crippen LogP) is -2.29. The molecule has 0 heterocycles. The average Bonchev–Trinajstić information content (AvgIpc) is 1.85. The number of thiol groups is 1. The number of hydrogen-bond donors (Lipinski definition) is 5. The third-order valence-corrected chi connectivity index (χ3v) is 0.907. The van der Waals surface area contributed by atoms with Crippen molar-refractivity contribution < 1.29 is 19.9 Å². The molecular formula is C3H9NO5STe. The van der Waals surface area contributed by atoms with Crippen molar-refractivity contribution in [1.29, 1.82) is 0 Å². The van der Waals surface area contributed by atoms with E-state index in [9.17, 15) is 4.79 Å². The Morgan fingerprint density at radius 1 is 1.64 bits per heavy atom. The van der Waals surface area contributed by atoms with Gasteiger partial charge in [0, 0.05) is 5.75 Å². The van der Waals surface area contributed by atoms with Crippen LogP contribution in [0, 0.1) is 0 Å². The Labute approximate surface area is 76.5 Å². The van der Waals surface area contributed by atoms with Gasteiger partial charge in [0.25, 0.3) is 0 Å². The maximum absolute atomic E-state index is 9.76. The van der Waals surface area contributed by atoms with Gasteiger partial charge in [0.15, 0.2) is 0 Å². The summed E-state index contributed by atoms with van der Waals surface area (Å²) in [6, 6.07) is -0.816. The van der Waals surface area contributed by atoms with Gasteiger partial charge in [-0.15, -0.1) is 0 Å². The molecule has 0 bridgehead atoms. The summed E-state index contributed by atoms with van der Waals surface area (Å²) in [6.07, 6.45) is 0. The number of aliphatic carboxylic acids is 1. The van der Waals surface area contributed by atoms with E-state index >= 15 is 0 Å². The number of rotatable bonds is 2. The Morgan fingerprint density at radius 2 is 1.91 bits per heavy atom. The van der Waals surface area contributed by atoms with E-state index in [4.69, 9.17) is 20.9 Å². The second kappa shape index (κ2) is 8.39. The third kappa shape index (κ3) is 17.9. The summed E-state index contributed by atoms with van der Waals surface area (Å²) >= 11 is 0.0424. The number of hydrogen-bond acceptors (Lipinski definition) is 4. The molecule has 0 spiro atoms. The van der Waals surface area contributed by atoms with Crippen molar-refractivity contribution in [2.75, 3.05) is 5.75 Å². The fraction of sp³-hybridized carbons (Fsp3) is 0.667. The summed E-state index contributed by atoms with van der Waals surface area (Å²) in [4.78, 5) is 9.76. The van der Waals surface area contributed by atoms with Crippen molar-refractivity contribution in [1.82, 2.24) is 0 Å². The molecule has 0 aliphatic heterocycles. The first kappa shape index (κ1) is 13.9. The zero-order chi connectivity index (χ0) is 9.44. The Balaban J connectivity index is 0. The standard InChI is InChI=1S/C3H7NO2S.H2O3Te/c4-2(1-7)3(5)6;1-4(2)3/h2,7H,1,4H2,(H,5,6);(H2,1,2,3)/t2-;/m0./s1. The Bertz CT molecular complexity index is 138. The van der Waals surface area contributed by atoms with Crippen LogP contribution in [0.5, 0.6) is 0 Å². The molecule has 0 unspecified atom stereocenters. The number of nitrogens with two attached hydrogens (primary N) is 1. The van der Waals surface area contributed by atoms with Gasteiger partial charge in [0.2, 0.25) is 0 Å². The van der Waals surface area contributed by atoms with Gasteiger partial charge in [0.1, 0.15) is 6.04 Å². The summed E-state index contributed by atoms with van der Waals surface area (Å²) in [5.74, 6) is -0.815. The van der Waals surface area contributed by atoms with Crippen molar-refractivity contribution in [3.8, 4) is 0 Å². The van der Waals surface area contributed by atoms with Crippen LogP contribution < -0.4 is 5.73 Å². The van der Waals surface area contributed by atoms with Gasteiger partial charge in [-0.1, -0.05) is 0 Å². The molecule has 11 heavy (non-hydrogen) atoms. The van der Waals surface area contributed by atoms with Crippen LogP contribution in [0.4, 0.5) is 0 Å². The number of carboxylic acid groups (broad SMARTS) is 1. The molecule has 0 saturated carbocycles. The van der Waals surface area contributed by atoms with Crippen molar-refractivity contribution in [3.05, 3.63) is 0 Å². The first-order valence-corrected chi connectivity index (χ1v) is 5.97. The van der Waals surface area contributed by atoms with Gasteiger partial charge in [-0.05, 0) is 0 Å². The predicted molar refractivity (Wildman–Crippen MR) is 40.3 cm³/mol. The molecule has 0 saturated heterocycles. The van der Waals surface area contributed by atoms with Crippen molar-refractivity contribution in [3.63, 3.8) is 0 Å². The Morgan fingerprint density at radius 3 is 1.91 bits per heavy atom. The molecule has 0 aromatic heterocycles. The van der Waals surface area contributed by atoms with Crippen LogP contribution in [0.25, 0.3) is 0 Å². The van der Waals surface area contributed by atoms with Gasteiger partial charge < -0.3 is 10.8 Å². The van der Waals surface area contributed by atoms with Crippen LogP contribution >= 0.6 is 12.6 Å².